The van der Waals surface area contributed by atoms with Crippen LogP contribution in [-0.2, 0) is 32.6 Å². The molecule has 9 heteroatoms. The number of hydrogen-bond donors (Lipinski definition) is 0. The number of ether oxygens (including phenoxy) is 1. The van der Waals surface area contributed by atoms with Crippen molar-refractivity contribution >= 4 is 28.6 Å². The summed E-state index contributed by atoms with van der Waals surface area (Å²) >= 11 is 0. The van der Waals surface area contributed by atoms with E-state index in [9.17, 15) is 19.2 Å². The van der Waals surface area contributed by atoms with E-state index < -0.39 is 18.5 Å². The Morgan fingerprint density at radius 2 is 1.69 bits per heavy atom. The first-order valence-corrected chi connectivity index (χ1v) is 9.40. The average molecular weight is 402 g/mol. The topological polar surface area (TPSA) is 102 Å². The summed E-state index contributed by atoms with van der Waals surface area (Å²) in [5.74, 6) is -1.28. The Balaban J connectivity index is 1.98. The highest BCUT2D eigenvalue weighted by atomic mass is 16.5. The maximum Gasteiger partial charge on any atom is 0.312 e. The van der Waals surface area contributed by atoms with E-state index in [4.69, 9.17) is 4.74 Å². The molecule has 156 valence electrons. The van der Waals surface area contributed by atoms with Crippen molar-refractivity contribution in [2.75, 3.05) is 33.3 Å². The number of aromatic nitrogens is 2. The number of benzene rings is 1. The molecule has 2 aromatic rings. The lowest BCUT2D eigenvalue weighted by Gasteiger charge is -2.23. The Morgan fingerprint density at radius 1 is 1.07 bits per heavy atom. The van der Waals surface area contributed by atoms with Gasteiger partial charge in [-0.2, -0.15) is 5.10 Å². The van der Waals surface area contributed by atoms with Gasteiger partial charge in [0.05, 0.1) is 24.0 Å². The summed E-state index contributed by atoms with van der Waals surface area (Å²) in [7, 11) is 2.99. The Morgan fingerprint density at radius 3 is 2.31 bits per heavy atom. The van der Waals surface area contributed by atoms with Crippen LogP contribution in [0.1, 0.15) is 19.5 Å². The molecule has 0 atom stereocenters. The van der Waals surface area contributed by atoms with E-state index in [1.54, 1.807) is 29.2 Å². The molecule has 0 saturated carbocycles. The molecule has 1 aromatic heterocycles. The lowest BCUT2D eigenvalue weighted by atomic mass is 10.1. The van der Waals surface area contributed by atoms with E-state index in [-0.39, 0.29) is 24.4 Å². The Bertz CT molecular complexity index is 965. The molecule has 0 bridgehead atoms. The highest BCUT2D eigenvalue weighted by Crippen LogP contribution is 2.13. The number of carbonyl (C=O) groups is 3. The minimum atomic E-state index is -0.641. The molecule has 0 N–H and O–H groups in total. The number of carbonyl (C=O) groups excluding carboxylic acids is 3. The zero-order valence-electron chi connectivity index (χ0n) is 17.2. The Kier molecular flexibility index (Phi) is 7.46. The quantitative estimate of drug-likeness (QED) is 0.591. The van der Waals surface area contributed by atoms with Gasteiger partial charge < -0.3 is 14.5 Å². The monoisotopic (exact) mass is 402 g/mol. The van der Waals surface area contributed by atoms with Crippen molar-refractivity contribution in [3.05, 3.63) is 40.3 Å². The second kappa shape index (κ2) is 9.81. The molecule has 0 radical (unpaired) electrons. The van der Waals surface area contributed by atoms with Crippen LogP contribution in [0.4, 0.5) is 0 Å². The summed E-state index contributed by atoms with van der Waals surface area (Å²) in [6, 6.07) is 6.87. The lowest BCUT2D eigenvalue weighted by molar-refractivity contribution is -0.152. The number of rotatable bonds is 8. The van der Waals surface area contributed by atoms with Crippen molar-refractivity contribution in [1.29, 1.82) is 0 Å². The van der Waals surface area contributed by atoms with Crippen LogP contribution in [0.3, 0.4) is 0 Å². The molecule has 0 fully saturated rings. The van der Waals surface area contributed by atoms with Crippen LogP contribution in [0.25, 0.3) is 10.8 Å². The van der Waals surface area contributed by atoms with Crippen LogP contribution >= 0.6 is 0 Å². The fourth-order valence-corrected chi connectivity index (χ4v) is 2.91. The molecule has 0 aliphatic rings. The predicted octanol–water partition coefficient (Wildman–Crippen LogP) is 0.346. The molecule has 0 saturated heterocycles. The zero-order valence-corrected chi connectivity index (χ0v) is 17.2. The van der Waals surface area contributed by atoms with Gasteiger partial charge in [-0.1, -0.05) is 18.2 Å². The molecule has 9 nitrogen and oxygen atoms in total. The highest BCUT2D eigenvalue weighted by molar-refractivity contribution is 5.88. The molecular formula is C20H26N4O5. The largest absolute Gasteiger partial charge is 0.455 e. The maximum absolute atomic E-state index is 12.2. The molecule has 0 aliphatic carbocycles. The number of nitrogens with zero attached hydrogens (tertiary/aromatic N) is 4. The van der Waals surface area contributed by atoms with Gasteiger partial charge in [-0.25, -0.2) is 4.68 Å². The summed E-state index contributed by atoms with van der Waals surface area (Å²) < 4.78 is 6.23. The third kappa shape index (κ3) is 5.40. The van der Waals surface area contributed by atoms with Crippen LogP contribution in [-0.4, -0.2) is 70.7 Å². The van der Waals surface area contributed by atoms with E-state index in [0.29, 0.717) is 29.6 Å². The summed E-state index contributed by atoms with van der Waals surface area (Å²) in [4.78, 5) is 51.4. The molecular weight excluding hydrogens is 376 g/mol. The minimum Gasteiger partial charge on any atom is -0.455 e. The summed E-state index contributed by atoms with van der Waals surface area (Å²) in [6.45, 7) is 4.31. The molecule has 2 rings (SSSR count). The highest BCUT2D eigenvalue weighted by Gasteiger charge is 2.19. The number of amides is 2. The summed E-state index contributed by atoms with van der Waals surface area (Å²) in [6.07, 6.45) is -0.177. The Labute approximate surface area is 168 Å². The van der Waals surface area contributed by atoms with Gasteiger partial charge in [0.2, 0.25) is 5.91 Å². The lowest BCUT2D eigenvalue weighted by Crippen LogP contribution is -2.42. The maximum atomic E-state index is 12.2. The van der Waals surface area contributed by atoms with Crippen molar-refractivity contribution in [1.82, 2.24) is 19.6 Å². The van der Waals surface area contributed by atoms with Crippen LogP contribution in [0, 0.1) is 0 Å². The predicted molar refractivity (Wildman–Crippen MR) is 107 cm³/mol. The Hall–Kier alpha value is -3.23. The van der Waals surface area contributed by atoms with E-state index >= 15 is 0 Å². The fourth-order valence-electron chi connectivity index (χ4n) is 2.91. The summed E-state index contributed by atoms with van der Waals surface area (Å²) in [5, 5.41) is 5.17. The standard InChI is InChI=1S/C20H26N4O5/c1-5-24(6-2)17(25)12-22(3)18(26)13-29-19(27)11-16-14-9-7-8-10-15(14)20(28)23(4)21-16/h7-10H,5-6,11-13H2,1-4H3. The minimum absolute atomic E-state index is 0.0783. The van der Waals surface area contributed by atoms with Crippen molar-refractivity contribution in [2.45, 2.75) is 20.3 Å². The first-order chi connectivity index (χ1) is 13.8. The third-order valence-electron chi connectivity index (χ3n) is 4.62. The SMILES string of the molecule is CCN(CC)C(=O)CN(C)C(=O)COC(=O)Cc1nn(C)c(=O)c2ccccc12. The van der Waals surface area contributed by atoms with E-state index in [2.05, 4.69) is 5.10 Å². The van der Waals surface area contributed by atoms with Crippen LogP contribution < -0.4 is 5.56 Å². The first-order valence-electron chi connectivity index (χ1n) is 9.40. The van der Waals surface area contributed by atoms with Gasteiger partial charge in [-0.15, -0.1) is 0 Å². The average Bonchev–Trinajstić information content (AvgIpc) is 2.70. The van der Waals surface area contributed by atoms with Gasteiger partial charge in [-0.05, 0) is 19.9 Å². The normalized spacial score (nSPS) is 10.6. The smallest absolute Gasteiger partial charge is 0.312 e. The van der Waals surface area contributed by atoms with Gasteiger partial charge in [-0.3, -0.25) is 19.2 Å². The van der Waals surface area contributed by atoms with Crippen molar-refractivity contribution in [2.24, 2.45) is 7.05 Å². The number of hydrogen-bond acceptors (Lipinski definition) is 6. The van der Waals surface area contributed by atoms with Crippen molar-refractivity contribution in [3.8, 4) is 0 Å². The molecule has 2 amide bonds. The fraction of sp³-hybridized carbons (Fsp3) is 0.450. The van der Waals surface area contributed by atoms with E-state index in [0.717, 1.165) is 0 Å². The molecule has 0 aliphatic heterocycles. The van der Waals surface area contributed by atoms with Gasteiger partial charge in [0.15, 0.2) is 6.61 Å². The van der Waals surface area contributed by atoms with Gasteiger partial charge >= 0.3 is 5.97 Å². The number of fused-ring (bicyclic) bond motifs is 1. The van der Waals surface area contributed by atoms with E-state index in [1.165, 1.54) is 23.7 Å². The van der Waals surface area contributed by atoms with E-state index in [1.807, 2.05) is 13.8 Å². The second-order valence-electron chi connectivity index (χ2n) is 6.57. The van der Waals surface area contributed by atoms with Gasteiger partial charge in [0, 0.05) is 32.6 Å². The molecule has 29 heavy (non-hydrogen) atoms. The zero-order chi connectivity index (χ0) is 21.6. The van der Waals surface area contributed by atoms with Crippen molar-refractivity contribution < 1.29 is 19.1 Å². The van der Waals surface area contributed by atoms with Crippen LogP contribution in [0.5, 0.6) is 0 Å². The third-order valence-corrected chi connectivity index (χ3v) is 4.62. The molecule has 1 heterocycles. The molecule has 0 spiro atoms. The van der Waals surface area contributed by atoms with Crippen molar-refractivity contribution in [3.63, 3.8) is 0 Å². The molecule has 0 unspecified atom stereocenters. The second-order valence-corrected chi connectivity index (χ2v) is 6.57. The first kappa shape index (κ1) is 22.1. The number of esters is 1. The number of aryl methyl sites for hydroxylation is 1. The molecule has 1 aromatic carbocycles. The van der Waals surface area contributed by atoms with Gasteiger partial charge in [0.25, 0.3) is 11.5 Å². The van der Waals surface area contributed by atoms with Crippen LogP contribution in [0.2, 0.25) is 0 Å². The van der Waals surface area contributed by atoms with Crippen LogP contribution in [0.15, 0.2) is 29.1 Å². The summed E-state index contributed by atoms with van der Waals surface area (Å²) in [5.41, 5.74) is 0.137. The number of likely N-dealkylation sites (N-methyl/N-ethyl adjacent to an activating group) is 2. The van der Waals surface area contributed by atoms with Gasteiger partial charge in [0.1, 0.15) is 0 Å².